The Morgan fingerprint density at radius 3 is 2.60 bits per heavy atom. The molecule has 1 aromatic rings. The first-order valence-corrected chi connectivity index (χ1v) is 6.26. The number of hydrogen-bond acceptors (Lipinski definition) is 5. The maximum absolute atomic E-state index is 11.0. The van der Waals surface area contributed by atoms with Gasteiger partial charge in [-0.2, -0.15) is 0 Å². The molecule has 0 aliphatic heterocycles. The van der Waals surface area contributed by atoms with Gasteiger partial charge in [0.1, 0.15) is 0 Å². The molecule has 0 atom stereocenters. The second-order valence-electron chi connectivity index (χ2n) is 5.65. The van der Waals surface area contributed by atoms with Crippen molar-refractivity contribution < 1.29 is 14.8 Å². The number of hydrogen-bond donors (Lipinski definition) is 2. The Labute approximate surface area is 117 Å². The molecule has 0 amide bonds. The van der Waals surface area contributed by atoms with Crippen molar-refractivity contribution in [3.63, 3.8) is 0 Å². The standard InChI is InChI=1S/C13H19N3O4/c1-8(2)13(3,4)7-15-11-10(16(19)20)5-9(6-14-11)12(17)18/h5-6,8H,7H2,1-4H3,(H,14,15)(H,17,18). The van der Waals surface area contributed by atoms with E-state index < -0.39 is 10.9 Å². The zero-order valence-electron chi connectivity index (χ0n) is 12.0. The van der Waals surface area contributed by atoms with Gasteiger partial charge in [-0.25, -0.2) is 9.78 Å². The van der Waals surface area contributed by atoms with E-state index in [4.69, 9.17) is 5.11 Å². The fourth-order valence-electron chi connectivity index (χ4n) is 1.36. The largest absolute Gasteiger partial charge is 0.478 e. The summed E-state index contributed by atoms with van der Waals surface area (Å²) < 4.78 is 0. The minimum Gasteiger partial charge on any atom is -0.478 e. The summed E-state index contributed by atoms with van der Waals surface area (Å²) in [4.78, 5) is 25.0. The van der Waals surface area contributed by atoms with Gasteiger partial charge >= 0.3 is 11.7 Å². The summed E-state index contributed by atoms with van der Waals surface area (Å²) in [6, 6.07) is 1.01. The van der Waals surface area contributed by atoms with Crippen LogP contribution in [-0.4, -0.2) is 27.5 Å². The number of nitrogens with one attached hydrogen (secondary N) is 1. The summed E-state index contributed by atoms with van der Waals surface area (Å²) in [6.07, 6.45) is 1.11. The molecule has 1 aromatic heterocycles. The number of pyridine rings is 1. The highest BCUT2D eigenvalue weighted by atomic mass is 16.6. The van der Waals surface area contributed by atoms with Crippen molar-refractivity contribution in [3.05, 3.63) is 27.9 Å². The lowest BCUT2D eigenvalue weighted by Crippen LogP contribution is -2.29. The molecule has 0 aliphatic rings. The van der Waals surface area contributed by atoms with E-state index in [0.717, 1.165) is 12.3 Å². The van der Waals surface area contributed by atoms with Gasteiger partial charge in [-0.1, -0.05) is 27.7 Å². The number of anilines is 1. The number of carboxylic acid groups (broad SMARTS) is 1. The van der Waals surface area contributed by atoms with Crippen LogP contribution in [0, 0.1) is 21.4 Å². The molecule has 0 unspecified atom stereocenters. The van der Waals surface area contributed by atoms with Crippen LogP contribution in [0.5, 0.6) is 0 Å². The highest BCUT2D eigenvalue weighted by Gasteiger charge is 2.25. The fourth-order valence-corrected chi connectivity index (χ4v) is 1.36. The molecule has 1 heterocycles. The molecule has 2 N–H and O–H groups in total. The maximum atomic E-state index is 11.0. The summed E-state index contributed by atoms with van der Waals surface area (Å²) >= 11 is 0. The Morgan fingerprint density at radius 1 is 1.55 bits per heavy atom. The monoisotopic (exact) mass is 281 g/mol. The molecule has 1 rings (SSSR count). The predicted octanol–water partition coefficient (Wildman–Crippen LogP) is 2.78. The molecule has 7 heteroatoms. The molecule has 110 valence electrons. The summed E-state index contributed by atoms with van der Waals surface area (Å²) in [6.45, 7) is 8.73. The van der Waals surface area contributed by atoms with Crippen LogP contribution in [-0.2, 0) is 0 Å². The molecule has 20 heavy (non-hydrogen) atoms. The smallest absolute Gasteiger partial charge is 0.337 e. The van der Waals surface area contributed by atoms with Crippen molar-refractivity contribution in [3.8, 4) is 0 Å². The average molecular weight is 281 g/mol. The van der Waals surface area contributed by atoms with Gasteiger partial charge in [0.15, 0.2) is 0 Å². The van der Waals surface area contributed by atoms with Crippen molar-refractivity contribution in [1.29, 1.82) is 0 Å². The summed E-state index contributed by atoms with van der Waals surface area (Å²) in [5, 5.41) is 22.8. The number of aromatic carboxylic acids is 1. The Kier molecular flexibility index (Phi) is 4.65. The summed E-state index contributed by atoms with van der Waals surface area (Å²) in [7, 11) is 0. The third-order valence-corrected chi connectivity index (χ3v) is 3.59. The van der Waals surface area contributed by atoms with Gasteiger partial charge in [0.25, 0.3) is 0 Å². The van der Waals surface area contributed by atoms with E-state index in [1.165, 1.54) is 0 Å². The van der Waals surface area contributed by atoms with Crippen molar-refractivity contribution in [1.82, 2.24) is 4.98 Å². The first-order valence-electron chi connectivity index (χ1n) is 6.26. The molecule has 0 fully saturated rings. The quantitative estimate of drug-likeness (QED) is 0.613. The molecular weight excluding hydrogens is 262 g/mol. The van der Waals surface area contributed by atoms with Crippen LogP contribution in [0.15, 0.2) is 12.3 Å². The van der Waals surface area contributed by atoms with Crippen LogP contribution in [0.3, 0.4) is 0 Å². The number of carbonyl (C=O) groups is 1. The highest BCUT2D eigenvalue weighted by Crippen LogP contribution is 2.28. The normalized spacial score (nSPS) is 11.4. The van der Waals surface area contributed by atoms with Crippen LogP contribution in [0.4, 0.5) is 11.5 Å². The van der Waals surface area contributed by atoms with Crippen LogP contribution >= 0.6 is 0 Å². The average Bonchev–Trinajstić information content (AvgIpc) is 2.35. The number of carboxylic acids is 1. The number of nitro groups is 1. The maximum Gasteiger partial charge on any atom is 0.337 e. The van der Waals surface area contributed by atoms with Gasteiger partial charge in [-0.05, 0) is 11.3 Å². The molecule has 0 spiro atoms. The second kappa shape index (κ2) is 5.85. The van der Waals surface area contributed by atoms with Crippen LogP contribution < -0.4 is 5.32 Å². The lowest BCUT2D eigenvalue weighted by atomic mass is 9.81. The molecule has 0 saturated heterocycles. The van der Waals surface area contributed by atoms with Gasteiger partial charge in [-0.3, -0.25) is 10.1 Å². The van der Waals surface area contributed by atoms with Gasteiger partial charge in [-0.15, -0.1) is 0 Å². The minimum absolute atomic E-state index is 0.0684. The Bertz CT molecular complexity index is 526. The van der Waals surface area contributed by atoms with Crippen LogP contribution in [0.25, 0.3) is 0 Å². The SMILES string of the molecule is CC(C)C(C)(C)CNc1ncc(C(=O)O)cc1[N+](=O)[O-]. The lowest BCUT2D eigenvalue weighted by Gasteiger charge is -2.29. The minimum atomic E-state index is -1.24. The molecule has 0 aromatic carbocycles. The number of nitrogens with zero attached hydrogens (tertiary/aromatic N) is 2. The van der Waals surface area contributed by atoms with E-state index in [0.29, 0.717) is 12.5 Å². The van der Waals surface area contributed by atoms with Crippen LogP contribution in [0.1, 0.15) is 38.1 Å². The van der Waals surface area contributed by atoms with Crippen molar-refractivity contribution in [2.45, 2.75) is 27.7 Å². The molecule has 0 saturated carbocycles. The van der Waals surface area contributed by atoms with Crippen molar-refractivity contribution in [2.24, 2.45) is 11.3 Å². The number of rotatable bonds is 6. The van der Waals surface area contributed by atoms with E-state index in [1.807, 2.05) is 13.8 Å². The zero-order chi connectivity index (χ0) is 15.5. The first-order chi connectivity index (χ1) is 9.15. The van der Waals surface area contributed by atoms with Gasteiger partial charge < -0.3 is 10.4 Å². The van der Waals surface area contributed by atoms with Gasteiger partial charge in [0.05, 0.1) is 10.5 Å². The summed E-state index contributed by atoms with van der Waals surface area (Å²) in [5.41, 5.74) is -0.601. The third kappa shape index (κ3) is 3.66. The summed E-state index contributed by atoms with van der Waals surface area (Å²) in [5.74, 6) is -0.768. The van der Waals surface area contributed by atoms with Crippen molar-refractivity contribution >= 4 is 17.5 Å². The van der Waals surface area contributed by atoms with Crippen molar-refractivity contribution in [2.75, 3.05) is 11.9 Å². The Balaban J connectivity index is 3.01. The van der Waals surface area contributed by atoms with E-state index in [-0.39, 0.29) is 22.5 Å². The number of aromatic nitrogens is 1. The molecule has 0 radical (unpaired) electrons. The van der Waals surface area contributed by atoms with Crippen LogP contribution in [0.2, 0.25) is 0 Å². The third-order valence-electron chi connectivity index (χ3n) is 3.59. The Morgan fingerprint density at radius 2 is 2.15 bits per heavy atom. The Hall–Kier alpha value is -2.18. The molecule has 0 aliphatic carbocycles. The fraction of sp³-hybridized carbons (Fsp3) is 0.538. The lowest BCUT2D eigenvalue weighted by molar-refractivity contribution is -0.384. The zero-order valence-corrected chi connectivity index (χ0v) is 12.0. The predicted molar refractivity (Wildman–Crippen MR) is 75.0 cm³/mol. The van der Waals surface area contributed by atoms with Gasteiger partial charge in [0.2, 0.25) is 5.82 Å². The van der Waals surface area contributed by atoms with E-state index >= 15 is 0 Å². The molecular formula is C13H19N3O4. The van der Waals surface area contributed by atoms with E-state index in [2.05, 4.69) is 24.1 Å². The second-order valence-corrected chi connectivity index (χ2v) is 5.65. The van der Waals surface area contributed by atoms with E-state index in [9.17, 15) is 14.9 Å². The topological polar surface area (TPSA) is 105 Å². The molecule has 7 nitrogen and oxygen atoms in total. The first kappa shape index (κ1) is 15.9. The highest BCUT2D eigenvalue weighted by molar-refractivity contribution is 5.88. The van der Waals surface area contributed by atoms with E-state index in [1.54, 1.807) is 0 Å². The van der Waals surface area contributed by atoms with Gasteiger partial charge in [0, 0.05) is 18.8 Å². The molecule has 0 bridgehead atoms.